The van der Waals surface area contributed by atoms with Crippen LogP contribution in [0.5, 0.6) is 0 Å². The van der Waals surface area contributed by atoms with Gasteiger partial charge in [-0.05, 0) is 22.5 Å². The highest BCUT2D eigenvalue weighted by Gasteiger charge is 2.33. The third kappa shape index (κ3) is 2.02. The zero-order chi connectivity index (χ0) is 17.7. The molecule has 0 radical (unpaired) electrons. The molecule has 2 atom stereocenters. The van der Waals surface area contributed by atoms with Gasteiger partial charge in [0.05, 0.1) is 23.4 Å². The molecule has 1 aliphatic rings. The first-order valence-corrected chi connectivity index (χ1v) is 8.42. The molecule has 26 heavy (non-hydrogen) atoms. The molecule has 124 valence electrons. The van der Waals surface area contributed by atoms with Gasteiger partial charge in [-0.25, -0.2) is 4.98 Å². The molecule has 5 nitrogen and oxygen atoms in total. The van der Waals surface area contributed by atoms with E-state index >= 15 is 0 Å². The molecule has 0 saturated carbocycles. The minimum atomic E-state index is -0.917. The lowest BCUT2D eigenvalue weighted by molar-refractivity contribution is 0.145. The average molecular weight is 338 g/mol. The lowest BCUT2D eigenvalue weighted by Crippen LogP contribution is -2.16. The fourth-order valence-electron chi connectivity index (χ4n) is 3.86. The van der Waals surface area contributed by atoms with Gasteiger partial charge in [0, 0.05) is 26.8 Å². The van der Waals surface area contributed by atoms with Crippen LogP contribution in [0.25, 0.3) is 43.4 Å². The molecule has 0 bridgehead atoms. The van der Waals surface area contributed by atoms with Crippen LogP contribution in [0.2, 0.25) is 0 Å². The zero-order valence-electron chi connectivity index (χ0n) is 13.7. The number of fused-ring (bicyclic) bond motifs is 6. The van der Waals surface area contributed by atoms with Gasteiger partial charge in [0.1, 0.15) is 0 Å². The molecule has 0 spiro atoms. The van der Waals surface area contributed by atoms with E-state index < -0.39 is 12.1 Å². The molecule has 5 heteroatoms. The molecule has 1 N–H and O–H groups in total. The average Bonchev–Trinajstić information content (AvgIpc) is 2.70. The Morgan fingerprint density at radius 3 is 2.58 bits per heavy atom. The molecule has 0 saturated heterocycles. The summed E-state index contributed by atoms with van der Waals surface area (Å²) < 4.78 is 0. The Morgan fingerprint density at radius 1 is 0.923 bits per heavy atom. The molecule has 0 unspecified atom stereocenters. The molecule has 1 heterocycles. The van der Waals surface area contributed by atoms with Crippen LogP contribution >= 0.6 is 0 Å². The van der Waals surface area contributed by atoms with Crippen molar-refractivity contribution in [3.05, 3.63) is 88.3 Å². The second kappa shape index (κ2) is 5.56. The van der Waals surface area contributed by atoms with E-state index in [2.05, 4.69) is 28.2 Å². The van der Waals surface area contributed by atoms with Crippen molar-refractivity contribution in [3.8, 4) is 11.3 Å². The molecule has 4 aromatic rings. The van der Waals surface area contributed by atoms with Crippen molar-refractivity contribution in [2.24, 2.45) is 5.11 Å². The van der Waals surface area contributed by atoms with Crippen molar-refractivity contribution < 1.29 is 5.11 Å². The van der Waals surface area contributed by atoms with E-state index in [4.69, 9.17) is 10.5 Å². The lowest BCUT2D eigenvalue weighted by Gasteiger charge is -2.29. The standard InChI is InChI=1S/C21H14N4O/c22-25-24-20-16-8-4-3-7-15(16)19-17(21(20)26)11-13-10-9-12-5-1-2-6-14(12)18(13)23-19/h1-11,20-21,26H/t20-,21-/m0/s1. The van der Waals surface area contributed by atoms with E-state index in [-0.39, 0.29) is 0 Å². The molecule has 0 amide bonds. The topological polar surface area (TPSA) is 81.9 Å². The highest BCUT2D eigenvalue weighted by atomic mass is 16.3. The molecular formula is C21H14N4O. The van der Waals surface area contributed by atoms with E-state index in [1.165, 1.54) is 0 Å². The number of rotatable bonds is 1. The van der Waals surface area contributed by atoms with Crippen molar-refractivity contribution in [1.29, 1.82) is 0 Å². The Bertz CT molecular complexity index is 1230. The number of hydrogen-bond acceptors (Lipinski definition) is 3. The predicted molar refractivity (Wildman–Crippen MR) is 102 cm³/mol. The largest absolute Gasteiger partial charge is 0.388 e. The van der Waals surface area contributed by atoms with Crippen molar-refractivity contribution >= 4 is 21.7 Å². The van der Waals surface area contributed by atoms with Gasteiger partial charge in [-0.3, -0.25) is 0 Å². The summed E-state index contributed by atoms with van der Waals surface area (Å²) in [5, 5.41) is 17.9. The van der Waals surface area contributed by atoms with Crippen LogP contribution in [0.3, 0.4) is 0 Å². The van der Waals surface area contributed by atoms with Crippen LogP contribution < -0.4 is 0 Å². The van der Waals surface area contributed by atoms with Crippen LogP contribution in [-0.4, -0.2) is 10.1 Å². The lowest BCUT2D eigenvalue weighted by atomic mass is 9.83. The molecule has 1 aliphatic carbocycles. The summed E-state index contributed by atoms with van der Waals surface area (Å²) >= 11 is 0. The van der Waals surface area contributed by atoms with Crippen molar-refractivity contribution in [2.75, 3.05) is 0 Å². The smallest absolute Gasteiger partial charge is 0.0937 e. The maximum absolute atomic E-state index is 10.9. The molecule has 5 rings (SSSR count). The number of aromatic nitrogens is 1. The van der Waals surface area contributed by atoms with Gasteiger partial charge < -0.3 is 5.11 Å². The van der Waals surface area contributed by atoms with Gasteiger partial charge in [0.25, 0.3) is 0 Å². The van der Waals surface area contributed by atoms with Crippen molar-refractivity contribution in [2.45, 2.75) is 12.1 Å². The summed E-state index contributed by atoms with van der Waals surface area (Å²) in [6.45, 7) is 0. The summed E-state index contributed by atoms with van der Waals surface area (Å²) in [6.07, 6.45) is -0.917. The normalized spacial score (nSPS) is 18.2. The van der Waals surface area contributed by atoms with E-state index in [0.717, 1.165) is 38.5 Å². The summed E-state index contributed by atoms with van der Waals surface area (Å²) in [5.41, 5.74) is 13.0. The van der Waals surface area contributed by atoms with Crippen LogP contribution in [0.15, 0.2) is 71.8 Å². The van der Waals surface area contributed by atoms with Crippen LogP contribution in [0.1, 0.15) is 23.3 Å². The molecule has 0 fully saturated rings. The second-order valence-electron chi connectivity index (χ2n) is 6.47. The SMILES string of the molecule is [N-]=[N+]=N[C@H]1c2ccccc2-c2nc3c(ccc4ccccc43)cc2[C@@H]1O. The highest BCUT2D eigenvalue weighted by molar-refractivity contribution is 6.06. The summed E-state index contributed by atoms with van der Waals surface area (Å²) in [6, 6.07) is 21.2. The fraction of sp³-hybridized carbons (Fsp3) is 0.0952. The minimum absolute atomic E-state index is 0.650. The third-order valence-corrected chi connectivity index (χ3v) is 5.07. The fourth-order valence-corrected chi connectivity index (χ4v) is 3.86. The Labute approximate surface area is 149 Å². The Morgan fingerprint density at radius 2 is 1.69 bits per heavy atom. The molecular weight excluding hydrogens is 324 g/mol. The molecule has 1 aromatic heterocycles. The summed E-state index contributed by atoms with van der Waals surface area (Å²) in [5.74, 6) is 0. The number of nitrogens with zero attached hydrogens (tertiary/aromatic N) is 4. The number of benzene rings is 3. The quantitative estimate of drug-likeness (QED) is 0.216. The number of aliphatic hydroxyl groups is 1. The van der Waals surface area contributed by atoms with E-state index in [1.807, 2.05) is 48.5 Å². The van der Waals surface area contributed by atoms with Gasteiger partial charge in [0.2, 0.25) is 0 Å². The summed E-state index contributed by atoms with van der Waals surface area (Å²) in [4.78, 5) is 7.86. The first-order valence-electron chi connectivity index (χ1n) is 8.42. The first kappa shape index (κ1) is 14.9. The van der Waals surface area contributed by atoms with Crippen LogP contribution in [-0.2, 0) is 0 Å². The Balaban J connectivity index is 1.89. The van der Waals surface area contributed by atoms with Gasteiger partial charge in [-0.15, -0.1) is 0 Å². The number of azide groups is 1. The predicted octanol–water partition coefficient (Wildman–Crippen LogP) is 5.45. The first-order chi connectivity index (χ1) is 12.8. The van der Waals surface area contributed by atoms with Crippen molar-refractivity contribution in [3.63, 3.8) is 0 Å². The third-order valence-electron chi connectivity index (χ3n) is 5.07. The molecule has 3 aromatic carbocycles. The maximum atomic E-state index is 10.9. The van der Waals surface area contributed by atoms with E-state index in [9.17, 15) is 5.11 Å². The van der Waals surface area contributed by atoms with Gasteiger partial charge in [-0.1, -0.05) is 65.8 Å². The number of pyridine rings is 1. The number of aliphatic hydroxyl groups excluding tert-OH is 1. The van der Waals surface area contributed by atoms with Crippen LogP contribution in [0.4, 0.5) is 0 Å². The van der Waals surface area contributed by atoms with Gasteiger partial charge >= 0.3 is 0 Å². The Kier molecular flexibility index (Phi) is 3.19. The monoisotopic (exact) mass is 338 g/mol. The highest BCUT2D eigenvalue weighted by Crippen LogP contribution is 2.46. The minimum Gasteiger partial charge on any atom is -0.388 e. The van der Waals surface area contributed by atoms with Gasteiger partial charge in [0.15, 0.2) is 0 Å². The second-order valence-corrected chi connectivity index (χ2v) is 6.47. The van der Waals surface area contributed by atoms with E-state index in [1.54, 1.807) is 0 Å². The van der Waals surface area contributed by atoms with Crippen LogP contribution in [0, 0.1) is 0 Å². The van der Waals surface area contributed by atoms with Gasteiger partial charge in [-0.2, -0.15) is 0 Å². The van der Waals surface area contributed by atoms with E-state index in [0.29, 0.717) is 5.56 Å². The molecule has 0 aliphatic heterocycles. The summed E-state index contributed by atoms with van der Waals surface area (Å²) in [7, 11) is 0. The van der Waals surface area contributed by atoms with Crippen molar-refractivity contribution in [1.82, 2.24) is 4.98 Å². The Hall–Kier alpha value is -3.40. The maximum Gasteiger partial charge on any atom is 0.0937 e. The zero-order valence-corrected chi connectivity index (χ0v) is 13.7. The number of hydrogen-bond donors (Lipinski definition) is 1.